The van der Waals surface area contributed by atoms with Gasteiger partial charge in [0.15, 0.2) is 5.82 Å². The molecule has 0 radical (unpaired) electrons. The molecule has 3 aromatic rings. The fourth-order valence-corrected chi connectivity index (χ4v) is 3.08. The summed E-state index contributed by atoms with van der Waals surface area (Å²) in [5.41, 5.74) is 2.54. The highest BCUT2D eigenvalue weighted by Gasteiger charge is 2.15. The number of benzene rings is 2. The van der Waals surface area contributed by atoms with Gasteiger partial charge in [-0.2, -0.15) is 0 Å². The smallest absolute Gasteiger partial charge is 0.296 e. The lowest BCUT2D eigenvalue weighted by Crippen LogP contribution is -2.16. The Bertz CT molecular complexity index is 1040. The van der Waals surface area contributed by atoms with Crippen molar-refractivity contribution in [1.82, 2.24) is 9.72 Å². The van der Waals surface area contributed by atoms with Crippen LogP contribution in [-0.4, -0.2) is 21.5 Å². The number of hydrogen-bond donors (Lipinski definition) is 0. The summed E-state index contributed by atoms with van der Waals surface area (Å²) < 4.78 is 34.4. The number of aliphatic imine (C=N–C) groups is 1. The lowest BCUT2D eigenvalue weighted by molar-refractivity contribution is 0.371. The first-order valence-electron chi connectivity index (χ1n) is 9.70. The molecule has 1 unspecified atom stereocenters. The fourth-order valence-electron chi connectivity index (χ4n) is 3.08. The zero-order valence-corrected chi connectivity index (χ0v) is 16.9. The molecule has 5 nitrogen and oxygen atoms in total. The average molecular weight is 411 g/mol. The molecule has 0 saturated carbocycles. The highest BCUT2D eigenvalue weighted by atomic mass is 19.2. The minimum Gasteiger partial charge on any atom is -0.296 e. The number of rotatable bonds is 8. The number of aryl methyl sites for hydroxylation is 1. The maximum Gasteiger partial charge on any atom is 0.441 e. The van der Waals surface area contributed by atoms with Crippen LogP contribution < -0.4 is 5.76 Å². The molecule has 3 rings (SSSR count). The number of hydrogen-bond acceptors (Lipinski definition) is 4. The van der Waals surface area contributed by atoms with Gasteiger partial charge in [0.1, 0.15) is 11.7 Å². The van der Waals surface area contributed by atoms with Crippen LogP contribution in [0.5, 0.6) is 0 Å². The molecule has 1 heterocycles. The Balaban J connectivity index is 1.76. The van der Waals surface area contributed by atoms with Crippen LogP contribution in [0.25, 0.3) is 0 Å². The van der Waals surface area contributed by atoms with Crippen LogP contribution in [0.15, 0.2) is 86.6 Å². The van der Waals surface area contributed by atoms with Gasteiger partial charge in [0.2, 0.25) is 0 Å². The van der Waals surface area contributed by atoms with E-state index in [0.717, 1.165) is 21.4 Å². The third-order valence-electron chi connectivity index (χ3n) is 4.63. The Kier molecular flexibility index (Phi) is 7.06. The summed E-state index contributed by atoms with van der Waals surface area (Å²) >= 11 is 0. The zero-order valence-electron chi connectivity index (χ0n) is 16.9. The Morgan fingerprint density at radius 1 is 1.03 bits per heavy atom. The average Bonchev–Trinajstić information content (AvgIpc) is 3.08. The molecule has 0 saturated heterocycles. The van der Waals surface area contributed by atoms with Crippen molar-refractivity contribution in [2.24, 2.45) is 4.99 Å². The monoisotopic (exact) mass is 411 g/mol. The fraction of sp³-hybridized carbons (Fsp3) is 0.261. The molecular weight excluding hydrogens is 388 g/mol. The molecule has 1 aromatic heterocycles. The van der Waals surface area contributed by atoms with Gasteiger partial charge in [-0.15, -0.1) is 0 Å². The second-order valence-corrected chi connectivity index (χ2v) is 6.97. The first-order chi connectivity index (χ1) is 14.5. The first-order valence-corrected chi connectivity index (χ1v) is 9.70. The largest absolute Gasteiger partial charge is 0.441 e. The molecule has 156 valence electrons. The zero-order chi connectivity index (χ0) is 21.5. The number of halogens is 2. The third kappa shape index (κ3) is 5.37. The van der Waals surface area contributed by atoms with Crippen molar-refractivity contribution in [3.8, 4) is 0 Å². The Labute approximate surface area is 173 Å². The molecule has 0 fully saturated rings. The molecule has 1 atom stereocenters. The summed E-state index contributed by atoms with van der Waals surface area (Å²) in [6, 6.07) is 18.7. The lowest BCUT2D eigenvalue weighted by atomic mass is 10.0. The normalized spacial score (nSPS) is 12.9. The SMILES string of the molecule is Cc1noc(=O)n1CCC(F)=C(F)CC(C)N=C(c1ccccc1)c1ccccc1. The third-order valence-corrected chi connectivity index (χ3v) is 4.63. The van der Waals surface area contributed by atoms with Gasteiger partial charge in [0.05, 0.1) is 11.8 Å². The van der Waals surface area contributed by atoms with E-state index < -0.39 is 23.5 Å². The lowest BCUT2D eigenvalue weighted by Gasteiger charge is -2.12. The van der Waals surface area contributed by atoms with Gasteiger partial charge in [-0.1, -0.05) is 65.8 Å². The summed E-state index contributed by atoms with van der Waals surface area (Å²) in [7, 11) is 0. The van der Waals surface area contributed by atoms with Crippen molar-refractivity contribution in [2.45, 2.75) is 39.3 Å². The van der Waals surface area contributed by atoms with Crippen molar-refractivity contribution in [2.75, 3.05) is 0 Å². The van der Waals surface area contributed by atoms with Gasteiger partial charge in [0.25, 0.3) is 0 Å². The van der Waals surface area contributed by atoms with E-state index in [-0.39, 0.29) is 19.4 Å². The molecule has 0 bridgehead atoms. The van der Waals surface area contributed by atoms with Crippen LogP contribution in [0, 0.1) is 6.92 Å². The van der Waals surface area contributed by atoms with Crippen molar-refractivity contribution >= 4 is 5.71 Å². The molecule has 30 heavy (non-hydrogen) atoms. The quantitative estimate of drug-likeness (QED) is 0.490. The summed E-state index contributed by atoms with van der Waals surface area (Å²) in [5, 5.41) is 3.50. The minimum atomic E-state index is -0.898. The maximum atomic E-state index is 14.4. The highest BCUT2D eigenvalue weighted by molar-refractivity contribution is 6.12. The van der Waals surface area contributed by atoms with Gasteiger partial charge in [-0.05, 0) is 13.8 Å². The molecular formula is C23H23F2N3O2. The molecule has 0 amide bonds. The van der Waals surface area contributed by atoms with Crippen molar-refractivity contribution in [3.63, 3.8) is 0 Å². The topological polar surface area (TPSA) is 60.4 Å². The number of allylic oxidation sites excluding steroid dienone is 1. The van der Waals surface area contributed by atoms with Gasteiger partial charge in [-0.25, -0.2) is 13.6 Å². The van der Waals surface area contributed by atoms with Crippen LogP contribution in [0.4, 0.5) is 8.78 Å². The van der Waals surface area contributed by atoms with E-state index in [0.29, 0.717) is 5.82 Å². The molecule has 0 spiro atoms. The summed E-state index contributed by atoms with van der Waals surface area (Å²) in [6.45, 7) is 3.27. The second-order valence-electron chi connectivity index (χ2n) is 6.97. The molecule has 2 aromatic carbocycles. The van der Waals surface area contributed by atoms with Crippen molar-refractivity contribution in [1.29, 1.82) is 0 Å². The molecule has 0 aliphatic rings. The van der Waals surface area contributed by atoms with Crippen molar-refractivity contribution in [3.05, 3.63) is 99.8 Å². The van der Waals surface area contributed by atoms with E-state index in [1.165, 1.54) is 0 Å². The van der Waals surface area contributed by atoms with Gasteiger partial charge < -0.3 is 0 Å². The standard InChI is InChI=1S/C23H23F2N3O2/c1-16(15-21(25)20(24)13-14-28-17(2)27-30-23(28)29)26-22(18-9-5-3-6-10-18)19-11-7-4-8-12-19/h3-12,16H,13-15H2,1-2H3. The Morgan fingerprint density at radius 2 is 1.60 bits per heavy atom. The minimum absolute atomic E-state index is 0.0374. The van der Waals surface area contributed by atoms with Crippen LogP contribution in [0.2, 0.25) is 0 Å². The van der Waals surface area contributed by atoms with Gasteiger partial charge >= 0.3 is 5.76 Å². The predicted molar refractivity (Wildman–Crippen MR) is 112 cm³/mol. The van der Waals surface area contributed by atoms with Crippen molar-refractivity contribution < 1.29 is 13.3 Å². The Hall–Kier alpha value is -3.35. The van der Waals surface area contributed by atoms with Gasteiger partial charge in [0, 0.05) is 30.5 Å². The van der Waals surface area contributed by atoms with E-state index in [4.69, 9.17) is 0 Å². The molecule has 0 aliphatic heterocycles. The van der Waals surface area contributed by atoms with Crippen LogP contribution in [0.3, 0.4) is 0 Å². The van der Waals surface area contributed by atoms with Crippen LogP contribution in [-0.2, 0) is 6.54 Å². The van der Waals surface area contributed by atoms with E-state index >= 15 is 0 Å². The number of nitrogens with zero attached hydrogens (tertiary/aromatic N) is 3. The first kappa shape index (κ1) is 21.4. The molecule has 0 N–H and O–H groups in total. The predicted octanol–water partition coefficient (Wildman–Crippen LogP) is 5.00. The van der Waals surface area contributed by atoms with E-state index in [9.17, 15) is 13.6 Å². The highest BCUT2D eigenvalue weighted by Crippen LogP contribution is 2.21. The molecule has 7 heteroatoms. The van der Waals surface area contributed by atoms with E-state index in [1.54, 1.807) is 13.8 Å². The maximum absolute atomic E-state index is 14.4. The van der Waals surface area contributed by atoms with Crippen LogP contribution >= 0.6 is 0 Å². The summed E-state index contributed by atoms with van der Waals surface area (Å²) in [6.07, 6.45) is -0.430. The Morgan fingerprint density at radius 3 is 2.10 bits per heavy atom. The van der Waals surface area contributed by atoms with Crippen LogP contribution in [0.1, 0.15) is 36.7 Å². The van der Waals surface area contributed by atoms with E-state index in [1.807, 2.05) is 60.7 Å². The number of aromatic nitrogens is 2. The summed E-state index contributed by atoms with van der Waals surface area (Å²) in [4.78, 5) is 16.1. The van der Waals surface area contributed by atoms with E-state index in [2.05, 4.69) is 14.7 Å². The second kappa shape index (κ2) is 9.91. The van der Waals surface area contributed by atoms with Gasteiger partial charge in [-0.3, -0.25) is 14.1 Å². The summed E-state index contributed by atoms with van der Waals surface area (Å²) in [5.74, 6) is -2.13. The molecule has 0 aliphatic carbocycles.